The van der Waals surface area contributed by atoms with Crippen molar-refractivity contribution in [3.05, 3.63) is 25.3 Å². The fraction of sp³-hybridized carbons (Fsp3) is 0.500. The van der Waals surface area contributed by atoms with Crippen molar-refractivity contribution in [1.82, 2.24) is 0 Å². The summed E-state index contributed by atoms with van der Waals surface area (Å²) in [6.07, 6.45) is 3.14. The Bertz CT molecular complexity index is 264. The third kappa shape index (κ3) is 8.90. The standard InChI is InChI=1S/C12H19O5P/c1-4-7-15-11(13)9-18(17-6-3)10-12(14)16-8-5-2/h4-5H,1-2,6-10H2,3H3. The molecule has 0 aliphatic carbocycles. The molecule has 0 atom stereocenters. The molecule has 0 amide bonds. The zero-order valence-corrected chi connectivity index (χ0v) is 11.5. The van der Waals surface area contributed by atoms with Gasteiger partial charge in [0.25, 0.3) is 0 Å². The van der Waals surface area contributed by atoms with Crippen molar-refractivity contribution in [3.63, 3.8) is 0 Å². The summed E-state index contributed by atoms with van der Waals surface area (Å²) < 4.78 is 15.0. The fourth-order valence-electron chi connectivity index (χ4n) is 1.01. The van der Waals surface area contributed by atoms with E-state index in [2.05, 4.69) is 13.2 Å². The first kappa shape index (κ1) is 16.8. The van der Waals surface area contributed by atoms with Crippen LogP contribution in [-0.2, 0) is 23.6 Å². The summed E-state index contributed by atoms with van der Waals surface area (Å²) in [7, 11) is -1.19. The minimum Gasteiger partial charge on any atom is -0.461 e. The van der Waals surface area contributed by atoms with Gasteiger partial charge < -0.3 is 14.0 Å². The van der Waals surface area contributed by atoms with Crippen molar-refractivity contribution < 1.29 is 23.6 Å². The highest BCUT2D eigenvalue weighted by molar-refractivity contribution is 7.54. The molecule has 0 aliphatic heterocycles. The number of hydrogen-bond acceptors (Lipinski definition) is 5. The van der Waals surface area contributed by atoms with Crippen molar-refractivity contribution in [2.24, 2.45) is 0 Å². The van der Waals surface area contributed by atoms with Crippen LogP contribution in [0, 0.1) is 0 Å². The van der Waals surface area contributed by atoms with Gasteiger partial charge in [-0.25, -0.2) is 0 Å². The third-order valence-corrected chi connectivity index (χ3v) is 3.49. The predicted octanol–water partition coefficient (Wildman–Crippen LogP) is 1.88. The molecule has 0 heterocycles. The van der Waals surface area contributed by atoms with Crippen molar-refractivity contribution in [2.45, 2.75) is 6.92 Å². The van der Waals surface area contributed by atoms with E-state index in [1.807, 2.05) is 0 Å². The number of hydrogen-bond donors (Lipinski definition) is 0. The number of carbonyl (C=O) groups excluding carboxylic acids is 2. The summed E-state index contributed by atoms with van der Waals surface area (Å²) in [5.74, 6) is -0.794. The van der Waals surface area contributed by atoms with E-state index in [1.165, 1.54) is 12.2 Å². The van der Waals surface area contributed by atoms with Gasteiger partial charge in [-0.2, -0.15) is 0 Å². The maximum absolute atomic E-state index is 11.4. The Labute approximate surface area is 109 Å². The minimum atomic E-state index is -1.19. The average Bonchev–Trinajstić information content (AvgIpc) is 2.34. The molecule has 0 saturated heterocycles. The molecule has 5 nitrogen and oxygen atoms in total. The average molecular weight is 274 g/mol. The number of ether oxygens (including phenoxy) is 2. The van der Waals surface area contributed by atoms with Gasteiger partial charge in [0.05, 0.1) is 20.5 Å². The summed E-state index contributed by atoms with van der Waals surface area (Å²) in [6, 6.07) is 0. The van der Waals surface area contributed by atoms with Gasteiger partial charge in [-0.15, -0.1) is 0 Å². The molecule has 18 heavy (non-hydrogen) atoms. The van der Waals surface area contributed by atoms with Crippen molar-refractivity contribution in [2.75, 3.05) is 32.1 Å². The van der Waals surface area contributed by atoms with Gasteiger partial charge in [-0.05, 0) is 6.92 Å². The number of rotatable bonds is 10. The maximum atomic E-state index is 11.4. The first-order valence-electron chi connectivity index (χ1n) is 5.54. The van der Waals surface area contributed by atoms with Crippen LogP contribution in [0.15, 0.2) is 25.3 Å². The first-order valence-corrected chi connectivity index (χ1v) is 7.17. The summed E-state index contributed by atoms with van der Waals surface area (Å²) in [5.41, 5.74) is 0. The zero-order chi connectivity index (χ0) is 13.8. The summed E-state index contributed by atoms with van der Waals surface area (Å²) in [6.45, 7) is 9.46. The lowest BCUT2D eigenvalue weighted by atomic mass is 10.7. The highest BCUT2D eigenvalue weighted by Gasteiger charge is 2.19. The number of esters is 2. The van der Waals surface area contributed by atoms with Crippen molar-refractivity contribution >= 4 is 20.1 Å². The topological polar surface area (TPSA) is 61.8 Å². The van der Waals surface area contributed by atoms with Gasteiger partial charge in [-0.3, -0.25) is 9.59 Å². The van der Waals surface area contributed by atoms with Crippen LogP contribution >= 0.6 is 8.15 Å². The maximum Gasteiger partial charge on any atom is 0.312 e. The van der Waals surface area contributed by atoms with E-state index in [4.69, 9.17) is 14.0 Å². The highest BCUT2D eigenvalue weighted by Crippen LogP contribution is 2.36. The van der Waals surface area contributed by atoms with E-state index in [0.717, 1.165) is 0 Å². The van der Waals surface area contributed by atoms with Crippen LogP contribution in [0.25, 0.3) is 0 Å². The summed E-state index contributed by atoms with van der Waals surface area (Å²) in [4.78, 5) is 22.8. The molecule has 0 aromatic heterocycles. The highest BCUT2D eigenvalue weighted by atomic mass is 31.1. The fourth-order valence-corrected chi connectivity index (χ4v) is 2.43. The van der Waals surface area contributed by atoms with Crippen LogP contribution in [0.2, 0.25) is 0 Å². The van der Waals surface area contributed by atoms with E-state index < -0.39 is 20.1 Å². The summed E-state index contributed by atoms with van der Waals surface area (Å²) in [5, 5.41) is 0. The van der Waals surface area contributed by atoms with Gasteiger partial charge in [0.15, 0.2) is 0 Å². The van der Waals surface area contributed by atoms with Crippen LogP contribution in [0.3, 0.4) is 0 Å². The molecule has 0 aromatic carbocycles. The van der Waals surface area contributed by atoms with Crippen LogP contribution in [0.1, 0.15) is 6.92 Å². The van der Waals surface area contributed by atoms with Crippen LogP contribution in [-0.4, -0.2) is 44.1 Å². The number of carbonyl (C=O) groups is 2. The molecule has 0 fully saturated rings. The molecule has 0 unspecified atom stereocenters. The quantitative estimate of drug-likeness (QED) is 0.346. The van der Waals surface area contributed by atoms with Gasteiger partial charge in [0.2, 0.25) is 0 Å². The Morgan fingerprint density at radius 2 is 1.50 bits per heavy atom. The Kier molecular flexibility index (Phi) is 10.2. The lowest BCUT2D eigenvalue weighted by molar-refractivity contribution is -0.139. The molecule has 0 rings (SSSR count). The predicted molar refractivity (Wildman–Crippen MR) is 70.6 cm³/mol. The second kappa shape index (κ2) is 10.9. The van der Waals surface area contributed by atoms with E-state index in [9.17, 15) is 9.59 Å². The Morgan fingerprint density at radius 3 is 1.83 bits per heavy atom. The molecule has 0 spiro atoms. The zero-order valence-electron chi connectivity index (χ0n) is 10.6. The first-order chi connectivity index (χ1) is 8.63. The molecule has 0 bridgehead atoms. The van der Waals surface area contributed by atoms with Gasteiger partial charge >= 0.3 is 11.9 Å². The molecule has 6 heteroatoms. The van der Waals surface area contributed by atoms with E-state index >= 15 is 0 Å². The molecule has 0 saturated carbocycles. The molecule has 0 N–H and O–H groups in total. The van der Waals surface area contributed by atoms with Crippen LogP contribution < -0.4 is 0 Å². The van der Waals surface area contributed by atoms with E-state index in [1.54, 1.807) is 6.92 Å². The minimum absolute atomic E-state index is 0.0835. The van der Waals surface area contributed by atoms with E-state index in [0.29, 0.717) is 6.61 Å². The molecular weight excluding hydrogens is 255 g/mol. The van der Waals surface area contributed by atoms with Gasteiger partial charge in [-0.1, -0.05) is 25.3 Å². The lowest BCUT2D eigenvalue weighted by Crippen LogP contribution is -2.15. The second-order valence-electron chi connectivity index (χ2n) is 3.16. The second-order valence-corrected chi connectivity index (χ2v) is 5.01. The van der Waals surface area contributed by atoms with Crippen molar-refractivity contribution in [3.8, 4) is 0 Å². The molecular formula is C12H19O5P. The largest absolute Gasteiger partial charge is 0.461 e. The molecule has 0 radical (unpaired) electrons. The van der Waals surface area contributed by atoms with Crippen molar-refractivity contribution in [1.29, 1.82) is 0 Å². The van der Waals surface area contributed by atoms with Gasteiger partial charge in [0.1, 0.15) is 13.2 Å². The monoisotopic (exact) mass is 274 g/mol. The SMILES string of the molecule is C=CCOC(=O)CP(CC(=O)OCC=C)OCC. The lowest BCUT2D eigenvalue weighted by Gasteiger charge is -2.15. The Hall–Kier alpha value is -1.19. The van der Waals surface area contributed by atoms with E-state index in [-0.39, 0.29) is 25.5 Å². The third-order valence-electron chi connectivity index (χ3n) is 1.65. The van der Waals surface area contributed by atoms with Gasteiger partial charge in [0, 0.05) is 6.61 Å². The molecule has 102 valence electrons. The summed E-state index contributed by atoms with van der Waals surface area (Å²) >= 11 is 0. The van der Waals surface area contributed by atoms with Crippen LogP contribution in [0.5, 0.6) is 0 Å². The normalized spacial score (nSPS) is 9.89. The Balaban J connectivity index is 4.11. The molecule has 0 aromatic rings. The molecule has 0 aliphatic rings. The smallest absolute Gasteiger partial charge is 0.312 e. The van der Waals surface area contributed by atoms with Crippen LogP contribution in [0.4, 0.5) is 0 Å². The Morgan fingerprint density at radius 1 is 1.06 bits per heavy atom.